The zero-order valence-electron chi connectivity index (χ0n) is 13.6. The first-order chi connectivity index (χ1) is 11.5. The van der Waals surface area contributed by atoms with Crippen molar-refractivity contribution in [1.82, 2.24) is 10.2 Å². The quantitative estimate of drug-likeness (QED) is 0.803. The Morgan fingerprint density at radius 2 is 1.75 bits per heavy atom. The molecule has 0 radical (unpaired) electrons. The maximum atomic E-state index is 12.2. The number of hydrogen-bond acceptors (Lipinski definition) is 3. The number of carbonyl (C=O) groups is 2. The van der Waals surface area contributed by atoms with Gasteiger partial charge in [-0.1, -0.05) is 30.3 Å². The Morgan fingerprint density at radius 1 is 1.04 bits per heavy atom. The lowest BCUT2D eigenvalue weighted by Gasteiger charge is -2.10. The predicted molar refractivity (Wildman–Crippen MR) is 91.8 cm³/mol. The number of rotatable bonds is 4. The Labute approximate surface area is 139 Å². The molecule has 0 saturated heterocycles. The van der Waals surface area contributed by atoms with Crippen LogP contribution in [0.4, 0.5) is 0 Å². The van der Waals surface area contributed by atoms with Crippen molar-refractivity contribution < 1.29 is 14.0 Å². The highest BCUT2D eigenvalue weighted by Gasteiger charge is 2.12. The topological polar surface area (TPSA) is 62.6 Å². The Bertz CT molecular complexity index is 846. The van der Waals surface area contributed by atoms with Crippen molar-refractivity contribution in [2.75, 3.05) is 14.1 Å². The normalized spacial score (nSPS) is 10.6. The first-order valence-electron chi connectivity index (χ1n) is 7.62. The number of para-hydroxylation sites is 1. The highest BCUT2D eigenvalue weighted by Crippen LogP contribution is 2.18. The van der Waals surface area contributed by atoms with E-state index < -0.39 is 0 Å². The molecule has 1 aromatic heterocycles. The summed E-state index contributed by atoms with van der Waals surface area (Å²) in [6, 6.07) is 16.4. The smallest absolute Gasteiger partial charge is 0.287 e. The zero-order valence-corrected chi connectivity index (χ0v) is 13.6. The van der Waals surface area contributed by atoms with E-state index in [1.165, 1.54) is 4.90 Å². The van der Waals surface area contributed by atoms with Gasteiger partial charge in [-0.15, -0.1) is 0 Å². The van der Waals surface area contributed by atoms with Crippen molar-refractivity contribution in [2.45, 2.75) is 6.54 Å². The summed E-state index contributed by atoms with van der Waals surface area (Å²) in [4.78, 5) is 25.5. The van der Waals surface area contributed by atoms with Crippen molar-refractivity contribution in [1.29, 1.82) is 0 Å². The summed E-state index contributed by atoms with van der Waals surface area (Å²) in [5.74, 6) is -0.0249. The molecular weight excluding hydrogens is 304 g/mol. The summed E-state index contributed by atoms with van der Waals surface area (Å²) >= 11 is 0. The second-order valence-electron chi connectivity index (χ2n) is 5.73. The SMILES string of the molecule is CN(C)C(=O)c1ccc(CNC(=O)c2cc3ccccc3o2)cc1. The standard InChI is InChI=1S/C19H18N2O3/c1-21(2)19(23)14-9-7-13(8-10-14)12-20-18(22)17-11-15-5-3-4-6-16(15)24-17/h3-11H,12H2,1-2H3,(H,20,22). The fraction of sp³-hybridized carbons (Fsp3) is 0.158. The summed E-state index contributed by atoms with van der Waals surface area (Å²) in [7, 11) is 3.42. The molecule has 0 atom stereocenters. The number of nitrogens with zero attached hydrogens (tertiary/aromatic N) is 1. The van der Waals surface area contributed by atoms with E-state index in [9.17, 15) is 9.59 Å². The highest BCUT2D eigenvalue weighted by molar-refractivity contribution is 5.96. The van der Waals surface area contributed by atoms with Crippen LogP contribution in [0.2, 0.25) is 0 Å². The molecule has 122 valence electrons. The number of carbonyl (C=O) groups excluding carboxylic acids is 2. The van der Waals surface area contributed by atoms with Crippen LogP contribution in [0.1, 0.15) is 26.5 Å². The van der Waals surface area contributed by atoms with Gasteiger partial charge in [-0.2, -0.15) is 0 Å². The molecule has 5 heteroatoms. The number of amides is 2. The minimum absolute atomic E-state index is 0.0483. The third kappa shape index (κ3) is 3.30. The van der Waals surface area contributed by atoms with E-state index in [1.807, 2.05) is 36.4 Å². The summed E-state index contributed by atoms with van der Waals surface area (Å²) in [5.41, 5.74) is 2.22. The Balaban J connectivity index is 1.64. The van der Waals surface area contributed by atoms with Crippen LogP contribution in [-0.2, 0) is 6.54 Å². The monoisotopic (exact) mass is 322 g/mol. The third-order valence-corrected chi connectivity index (χ3v) is 3.71. The summed E-state index contributed by atoms with van der Waals surface area (Å²) in [6.07, 6.45) is 0. The molecule has 3 aromatic rings. The van der Waals surface area contributed by atoms with Crippen LogP contribution in [0.15, 0.2) is 59.0 Å². The van der Waals surface area contributed by atoms with Crippen molar-refractivity contribution >= 4 is 22.8 Å². The van der Waals surface area contributed by atoms with Gasteiger partial charge >= 0.3 is 0 Å². The Hall–Kier alpha value is -3.08. The molecule has 0 unspecified atom stereocenters. The molecule has 0 aliphatic rings. The van der Waals surface area contributed by atoms with E-state index >= 15 is 0 Å². The molecule has 0 bridgehead atoms. The van der Waals surface area contributed by atoms with Crippen molar-refractivity contribution in [3.05, 3.63) is 71.5 Å². The largest absolute Gasteiger partial charge is 0.451 e. The predicted octanol–water partition coefficient (Wildman–Crippen LogP) is 3.06. The molecule has 1 heterocycles. The van der Waals surface area contributed by atoms with Crippen LogP contribution in [0.5, 0.6) is 0 Å². The molecule has 3 rings (SSSR count). The van der Waals surface area contributed by atoms with Crippen LogP contribution in [-0.4, -0.2) is 30.8 Å². The molecule has 0 aliphatic heterocycles. The Kier molecular flexibility index (Phi) is 4.33. The fourth-order valence-corrected chi connectivity index (χ4v) is 2.39. The minimum atomic E-state index is -0.264. The van der Waals surface area contributed by atoms with E-state index in [4.69, 9.17) is 4.42 Å². The lowest BCUT2D eigenvalue weighted by atomic mass is 10.1. The van der Waals surface area contributed by atoms with Crippen molar-refractivity contribution in [2.24, 2.45) is 0 Å². The van der Waals surface area contributed by atoms with Gasteiger partial charge in [-0.25, -0.2) is 0 Å². The van der Waals surface area contributed by atoms with Crippen molar-refractivity contribution in [3.8, 4) is 0 Å². The van der Waals surface area contributed by atoms with Crippen molar-refractivity contribution in [3.63, 3.8) is 0 Å². The Morgan fingerprint density at radius 3 is 2.42 bits per heavy atom. The molecule has 0 fully saturated rings. The van der Waals surface area contributed by atoms with E-state index in [0.29, 0.717) is 17.7 Å². The molecule has 1 N–H and O–H groups in total. The van der Waals surface area contributed by atoms with Crippen LogP contribution in [0.25, 0.3) is 11.0 Å². The maximum Gasteiger partial charge on any atom is 0.287 e. The van der Waals surface area contributed by atoms with Gasteiger partial charge in [0.1, 0.15) is 5.58 Å². The van der Waals surface area contributed by atoms with Gasteiger partial charge in [0.15, 0.2) is 5.76 Å². The molecule has 0 spiro atoms. The fourth-order valence-electron chi connectivity index (χ4n) is 2.39. The van der Waals surface area contributed by atoms with Crippen LogP contribution in [0.3, 0.4) is 0 Å². The molecule has 0 aliphatic carbocycles. The van der Waals surface area contributed by atoms with Gasteiger partial charge in [0.25, 0.3) is 11.8 Å². The molecule has 2 amide bonds. The van der Waals surface area contributed by atoms with Crippen LogP contribution >= 0.6 is 0 Å². The van der Waals surface area contributed by atoms with Crippen LogP contribution < -0.4 is 5.32 Å². The zero-order chi connectivity index (χ0) is 17.1. The number of furan rings is 1. The van der Waals surface area contributed by atoms with Gasteiger partial charge in [0, 0.05) is 31.6 Å². The number of nitrogens with one attached hydrogen (secondary N) is 1. The first kappa shape index (κ1) is 15.8. The van der Waals surface area contributed by atoms with Crippen LogP contribution in [0, 0.1) is 0 Å². The van der Waals surface area contributed by atoms with Gasteiger partial charge < -0.3 is 14.6 Å². The lowest BCUT2D eigenvalue weighted by molar-refractivity contribution is 0.0827. The summed E-state index contributed by atoms with van der Waals surface area (Å²) in [5, 5.41) is 3.72. The molecule has 24 heavy (non-hydrogen) atoms. The van der Waals surface area contributed by atoms with E-state index in [0.717, 1.165) is 10.9 Å². The number of hydrogen-bond donors (Lipinski definition) is 1. The number of benzene rings is 2. The third-order valence-electron chi connectivity index (χ3n) is 3.71. The van der Waals surface area contributed by atoms with Gasteiger partial charge in [0.05, 0.1) is 0 Å². The number of fused-ring (bicyclic) bond motifs is 1. The second-order valence-corrected chi connectivity index (χ2v) is 5.73. The summed E-state index contributed by atoms with van der Waals surface area (Å²) in [6.45, 7) is 0.367. The van der Waals surface area contributed by atoms with E-state index in [2.05, 4.69) is 5.32 Å². The molecule has 2 aromatic carbocycles. The summed E-state index contributed by atoms with van der Waals surface area (Å²) < 4.78 is 5.53. The molecular formula is C19H18N2O3. The highest BCUT2D eigenvalue weighted by atomic mass is 16.3. The molecule has 5 nitrogen and oxygen atoms in total. The van der Waals surface area contributed by atoms with Gasteiger partial charge in [-0.05, 0) is 29.8 Å². The second kappa shape index (κ2) is 6.58. The van der Waals surface area contributed by atoms with E-state index in [-0.39, 0.29) is 17.6 Å². The first-order valence-corrected chi connectivity index (χ1v) is 7.62. The average Bonchev–Trinajstić information content (AvgIpc) is 3.03. The molecule has 0 saturated carbocycles. The van der Waals surface area contributed by atoms with E-state index in [1.54, 1.807) is 32.3 Å². The lowest BCUT2D eigenvalue weighted by Crippen LogP contribution is -2.23. The average molecular weight is 322 g/mol. The van der Waals surface area contributed by atoms with Gasteiger partial charge in [0.2, 0.25) is 0 Å². The van der Waals surface area contributed by atoms with Gasteiger partial charge in [-0.3, -0.25) is 9.59 Å². The maximum absolute atomic E-state index is 12.2. The minimum Gasteiger partial charge on any atom is -0.451 e.